The summed E-state index contributed by atoms with van der Waals surface area (Å²) in [6.07, 6.45) is 0. The first-order valence-corrected chi connectivity index (χ1v) is 6.06. The van der Waals surface area contributed by atoms with Crippen LogP contribution in [-0.4, -0.2) is 10.9 Å². The smallest absolute Gasteiger partial charge is 0.276 e. The van der Waals surface area contributed by atoms with Crippen LogP contribution < -0.4 is 5.32 Å². The molecule has 3 nitrogen and oxygen atoms in total. The minimum atomic E-state index is -0.122. The SMILES string of the molecule is O=C1Nc2ccccc2Sc2scnc21. The molecule has 15 heavy (non-hydrogen) atoms. The van der Waals surface area contributed by atoms with Gasteiger partial charge in [-0.05, 0) is 12.1 Å². The van der Waals surface area contributed by atoms with Gasteiger partial charge in [-0.15, -0.1) is 11.3 Å². The number of carbonyl (C=O) groups is 1. The lowest BCUT2D eigenvalue weighted by atomic mass is 10.3. The van der Waals surface area contributed by atoms with Gasteiger partial charge in [0.2, 0.25) is 0 Å². The Hall–Kier alpha value is -1.33. The number of nitrogens with zero attached hydrogens (tertiary/aromatic N) is 1. The molecule has 0 bridgehead atoms. The normalized spacial score (nSPS) is 13.7. The number of amides is 1. The number of rotatable bonds is 0. The summed E-state index contributed by atoms with van der Waals surface area (Å²) < 4.78 is 0.956. The first-order chi connectivity index (χ1) is 7.34. The zero-order valence-corrected chi connectivity index (χ0v) is 9.19. The van der Waals surface area contributed by atoms with Crippen LogP contribution >= 0.6 is 23.1 Å². The molecule has 3 rings (SSSR count). The molecule has 1 aliphatic heterocycles. The van der Waals surface area contributed by atoms with E-state index in [4.69, 9.17) is 0 Å². The lowest BCUT2D eigenvalue weighted by molar-refractivity contribution is 0.102. The number of hydrogen-bond donors (Lipinski definition) is 1. The first-order valence-electron chi connectivity index (χ1n) is 4.36. The van der Waals surface area contributed by atoms with Gasteiger partial charge in [-0.25, -0.2) is 4.98 Å². The molecule has 5 heteroatoms. The Morgan fingerprint density at radius 2 is 2.13 bits per heavy atom. The topological polar surface area (TPSA) is 42.0 Å². The van der Waals surface area contributed by atoms with Gasteiger partial charge in [0.25, 0.3) is 5.91 Å². The van der Waals surface area contributed by atoms with Gasteiger partial charge in [0.15, 0.2) is 5.69 Å². The maximum absolute atomic E-state index is 11.7. The average Bonchev–Trinajstić information content (AvgIpc) is 2.64. The molecule has 1 aliphatic rings. The molecule has 1 N–H and O–H groups in total. The Balaban J connectivity index is 2.18. The molecular formula is C10H6N2OS2. The Labute approximate surface area is 94.5 Å². The van der Waals surface area contributed by atoms with Crippen molar-refractivity contribution in [2.24, 2.45) is 0 Å². The van der Waals surface area contributed by atoms with E-state index >= 15 is 0 Å². The fourth-order valence-corrected chi connectivity index (χ4v) is 3.32. The Morgan fingerprint density at radius 1 is 1.27 bits per heavy atom. The van der Waals surface area contributed by atoms with Gasteiger partial charge in [0.05, 0.1) is 15.4 Å². The highest BCUT2D eigenvalue weighted by Crippen LogP contribution is 2.40. The van der Waals surface area contributed by atoms with Crippen molar-refractivity contribution in [2.45, 2.75) is 9.10 Å². The summed E-state index contributed by atoms with van der Waals surface area (Å²) in [6.45, 7) is 0. The van der Waals surface area contributed by atoms with Gasteiger partial charge in [0, 0.05) is 4.90 Å². The summed E-state index contributed by atoms with van der Waals surface area (Å²) in [5.74, 6) is -0.122. The largest absolute Gasteiger partial charge is 0.320 e. The van der Waals surface area contributed by atoms with Crippen molar-refractivity contribution in [1.29, 1.82) is 0 Å². The average molecular weight is 234 g/mol. The number of anilines is 1. The van der Waals surface area contributed by atoms with Crippen LogP contribution in [0, 0.1) is 0 Å². The van der Waals surface area contributed by atoms with E-state index in [9.17, 15) is 4.79 Å². The van der Waals surface area contributed by atoms with Crippen molar-refractivity contribution < 1.29 is 4.79 Å². The number of carbonyl (C=O) groups excluding carboxylic acids is 1. The molecule has 1 aromatic carbocycles. The third-order valence-corrected chi connectivity index (χ3v) is 4.20. The molecule has 1 aromatic heterocycles. The molecule has 1 amide bonds. The molecule has 2 aromatic rings. The van der Waals surface area contributed by atoms with E-state index < -0.39 is 0 Å². The van der Waals surface area contributed by atoms with E-state index in [-0.39, 0.29) is 5.91 Å². The van der Waals surface area contributed by atoms with E-state index in [1.165, 1.54) is 11.3 Å². The molecule has 74 valence electrons. The van der Waals surface area contributed by atoms with Gasteiger partial charge >= 0.3 is 0 Å². The highest BCUT2D eigenvalue weighted by atomic mass is 32.2. The molecular weight excluding hydrogens is 228 g/mol. The summed E-state index contributed by atoms with van der Waals surface area (Å²) in [5.41, 5.74) is 3.09. The van der Waals surface area contributed by atoms with Gasteiger partial charge in [-0.2, -0.15) is 0 Å². The van der Waals surface area contributed by atoms with Crippen LogP contribution in [0.15, 0.2) is 38.9 Å². The molecule has 2 heterocycles. The van der Waals surface area contributed by atoms with Crippen LogP contribution in [0.2, 0.25) is 0 Å². The van der Waals surface area contributed by atoms with Crippen molar-refractivity contribution in [2.75, 3.05) is 5.32 Å². The summed E-state index contributed by atoms with van der Waals surface area (Å²) in [6, 6.07) is 7.77. The second-order valence-electron chi connectivity index (χ2n) is 3.04. The lowest BCUT2D eigenvalue weighted by Crippen LogP contribution is -2.11. The van der Waals surface area contributed by atoms with Crippen molar-refractivity contribution >= 4 is 34.7 Å². The third-order valence-electron chi connectivity index (χ3n) is 2.09. The number of nitrogens with one attached hydrogen (secondary N) is 1. The molecule has 0 atom stereocenters. The minimum Gasteiger partial charge on any atom is -0.320 e. The van der Waals surface area contributed by atoms with Crippen molar-refractivity contribution in [3.8, 4) is 0 Å². The van der Waals surface area contributed by atoms with Gasteiger partial charge in [0.1, 0.15) is 0 Å². The van der Waals surface area contributed by atoms with Crippen LogP contribution in [-0.2, 0) is 0 Å². The Bertz CT molecular complexity index is 536. The molecule has 0 saturated heterocycles. The van der Waals surface area contributed by atoms with Crippen LogP contribution in [0.25, 0.3) is 0 Å². The molecule has 0 fully saturated rings. The lowest BCUT2D eigenvalue weighted by Gasteiger charge is -2.03. The van der Waals surface area contributed by atoms with Gasteiger partial charge < -0.3 is 5.32 Å². The highest BCUT2D eigenvalue weighted by Gasteiger charge is 2.21. The quantitative estimate of drug-likeness (QED) is 0.762. The summed E-state index contributed by atoms with van der Waals surface area (Å²) in [4.78, 5) is 16.9. The van der Waals surface area contributed by atoms with Crippen LogP contribution in [0.4, 0.5) is 5.69 Å². The predicted octanol–water partition coefficient (Wildman–Crippen LogP) is 2.86. The monoisotopic (exact) mass is 234 g/mol. The zero-order chi connectivity index (χ0) is 10.3. The number of fused-ring (bicyclic) bond motifs is 2. The number of para-hydroxylation sites is 1. The number of hydrogen-bond acceptors (Lipinski definition) is 4. The van der Waals surface area contributed by atoms with E-state index in [0.29, 0.717) is 5.69 Å². The third kappa shape index (κ3) is 1.44. The van der Waals surface area contributed by atoms with Gasteiger partial charge in [-0.3, -0.25) is 4.79 Å². The maximum atomic E-state index is 11.7. The summed E-state index contributed by atoms with van der Waals surface area (Å²) >= 11 is 3.08. The van der Waals surface area contributed by atoms with E-state index in [0.717, 1.165) is 14.8 Å². The molecule has 0 saturated carbocycles. The first kappa shape index (κ1) is 8.94. The highest BCUT2D eigenvalue weighted by molar-refractivity contribution is 8.01. The van der Waals surface area contributed by atoms with Gasteiger partial charge in [-0.1, -0.05) is 23.9 Å². The number of aromatic nitrogens is 1. The molecule has 0 spiro atoms. The van der Waals surface area contributed by atoms with E-state index in [1.807, 2.05) is 24.3 Å². The fraction of sp³-hybridized carbons (Fsp3) is 0. The summed E-state index contributed by atoms with van der Waals surface area (Å²) in [7, 11) is 0. The fourth-order valence-electron chi connectivity index (χ4n) is 1.40. The van der Waals surface area contributed by atoms with Crippen molar-refractivity contribution in [1.82, 2.24) is 4.98 Å². The van der Waals surface area contributed by atoms with Crippen LogP contribution in [0.1, 0.15) is 10.5 Å². The van der Waals surface area contributed by atoms with Crippen molar-refractivity contribution in [3.63, 3.8) is 0 Å². The van der Waals surface area contributed by atoms with E-state index in [2.05, 4.69) is 10.3 Å². The number of benzene rings is 1. The van der Waals surface area contributed by atoms with Crippen molar-refractivity contribution in [3.05, 3.63) is 35.5 Å². The van der Waals surface area contributed by atoms with Crippen LogP contribution in [0.5, 0.6) is 0 Å². The molecule has 0 unspecified atom stereocenters. The minimum absolute atomic E-state index is 0.122. The van der Waals surface area contributed by atoms with E-state index in [1.54, 1.807) is 17.3 Å². The zero-order valence-electron chi connectivity index (χ0n) is 7.56. The molecule has 0 aliphatic carbocycles. The second kappa shape index (κ2) is 3.36. The Morgan fingerprint density at radius 3 is 3.07 bits per heavy atom. The van der Waals surface area contributed by atoms with Crippen LogP contribution in [0.3, 0.4) is 0 Å². The second-order valence-corrected chi connectivity index (χ2v) is 5.21. The summed E-state index contributed by atoms with van der Waals surface area (Å²) in [5, 5.41) is 2.85. The standard InChI is InChI=1S/C10H6N2OS2/c13-9-8-10(14-5-11-8)15-7-4-2-1-3-6(7)12-9/h1-5H,(H,12,13). The predicted molar refractivity (Wildman–Crippen MR) is 60.6 cm³/mol. The Kier molecular flexibility index (Phi) is 2.00. The maximum Gasteiger partial charge on any atom is 0.276 e. The number of thiazole rings is 1. The molecule has 0 radical (unpaired) electrons.